The van der Waals surface area contributed by atoms with E-state index < -0.39 is 9.84 Å². The third kappa shape index (κ3) is 6.78. The first kappa shape index (κ1) is 21.0. The molecule has 26 heavy (non-hydrogen) atoms. The zero-order valence-corrected chi connectivity index (χ0v) is 17.1. The van der Waals surface area contributed by atoms with Crippen LogP contribution in [0.2, 0.25) is 0 Å². The number of guanidine groups is 1. The summed E-state index contributed by atoms with van der Waals surface area (Å²) in [5.74, 6) is 2.43. The second-order valence-corrected chi connectivity index (χ2v) is 10.1. The predicted molar refractivity (Wildman–Crippen MR) is 105 cm³/mol. The smallest absolute Gasteiger partial charge is 0.222 e. The number of amides is 1. The van der Waals surface area contributed by atoms with Crippen LogP contribution in [0.25, 0.3) is 0 Å². The van der Waals surface area contributed by atoms with Crippen molar-refractivity contribution < 1.29 is 13.2 Å². The molecular weight excluding hydrogens is 352 g/mol. The van der Waals surface area contributed by atoms with Crippen LogP contribution in [0, 0.1) is 11.8 Å². The normalized spacial score (nSPS) is 25.7. The number of aliphatic imine (C=N–C) groups is 1. The molecule has 0 aliphatic carbocycles. The van der Waals surface area contributed by atoms with E-state index in [-0.39, 0.29) is 29.9 Å². The molecule has 2 N–H and O–H groups in total. The largest absolute Gasteiger partial charge is 0.357 e. The van der Waals surface area contributed by atoms with Crippen LogP contribution in [0.15, 0.2) is 4.99 Å². The van der Waals surface area contributed by atoms with Gasteiger partial charge >= 0.3 is 0 Å². The maximum Gasteiger partial charge on any atom is 0.222 e. The van der Waals surface area contributed by atoms with Crippen molar-refractivity contribution in [2.45, 2.75) is 52.5 Å². The molecule has 0 aromatic rings. The molecular formula is C18H34N4O3S. The highest BCUT2D eigenvalue weighted by Crippen LogP contribution is 2.23. The molecule has 1 amide bonds. The summed E-state index contributed by atoms with van der Waals surface area (Å²) in [4.78, 5) is 18.9. The molecule has 8 heteroatoms. The molecule has 2 fully saturated rings. The zero-order valence-electron chi connectivity index (χ0n) is 16.3. The summed E-state index contributed by atoms with van der Waals surface area (Å²) in [5.41, 5.74) is 0. The molecule has 0 radical (unpaired) electrons. The molecule has 0 aromatic carbocycles. The Labute approximate surface area is 157 Å². The Kier molecular flexibility index (Phi) is 7.73. The fraction of sp³-hybridized carbons (Fsp3) is 0.889. The molecule has 0 bridgehead atoms. The zero-order chi connectivity index (χ0) is 19.2. The molecule has 0 aromatic heterocycles. The highest BCUT2D eigenvalue weighted by atomic mass is 32.2. The summed E-state index contributed by atoms with van der Waals surface area (Å²) < 4.78 is 22.9. The Balaban J connectivity index is 1.79. The highest BCUT2D eigenvalue weighted by Gasteiger charge is 2.29. The topological polar surface area (TPSA) is 90.9 Å². The number of rotatable bonds is 7. The molecule has 2 rings (SSSR count). The van der Waals surface area contributed by atoms with E-state index in [2.05, 4.69) is 34.4 Å². The highest BCUT2D eigenvalue weighted by molar-refractivity contribution is 7.91. The SMILES string of the molecule is CCNC(=NCCC(=O)NC1CCS(=O)(=O)C1)N1CCC(CC(C)C)C1. The molecule has 150 valence electrons. The average Bonchev–Trinajstić information content (AvgIpc) is 3.12. The Morgan fingerprint density at radius 2 is 2.08 bits per heavy atom. The second-order valence-electron chi connectivity index (χ2n) is 7.88. The molecule has 2 atom stereocenters. The molecule has 2 saturated heterocycles. The van der Waals surface area contributed by atoms with Crippen LogP contribution in [0.5, 0.6) is 0 Å². The van der Waals surface area contributed by atoms with Gasteiger partial charge in [-0.3, -0.25) is 9.79 Å². The molecule has 2 aliphatic heterocycles. The van der Waals surface area contributed by atoms with E-state index in [4.69, 9.17) is 0 Å². The number of hydrogen-bond donors (Lipinski definition) is 2. The van der Waals surface area contributed by atoms with Crippen molar-refractivity contribution in [3.63, 3.8) is 0 Å². The lowest BCUT2D eigenvalue weighted by Crippen LogP contribution is -2.40. The van der Waals surface area contributed by atoms with Gasteiger partial charge in [-0.05, 0) is 38.0 Å². The number of hydrogen-bond acceptors (Lipinski definition) is 4. The van der Waals surface area contributed by atoms with Crippen LogP contribution in [0.1, 0.15) is 46.5 Å². The summed E-state index contributed by atoms with van der Waals surface area (Å²) in [7, 11) is -2.97. The van der Waals surface area contributed by atoms with Gasteiger partial charge in [0.25, 0.3) is 0 Å². The molecule has 2 heterocycles. The van der Waals surface area contributed by atoms with Crippen LogP contribution in [0.4, 0.5) is 0 Å². The van der Waals surface area contributed by atoms with Gasteiger partial charge in [0.2, 0.25) is 5.91 Å². The van der Waals surface area contributed by atoms with E-state index in [9.17, 15) is 13.2 Å². The van der Waals surface area contributed by atoms with Gasteiger partial charge in [-0.15, -0.1) is 0 Å². The first-order chi connectivity index (χ1) is 12.3. The van der Waals surface area contributed by atoms with Crippen molar-refractivity contribution in [3.8, 4) is 0 Å². The second kappa shape index (κ2) is 9.58. The van der Waals surface area contributed by atoms with Crippen LogP contribution in [-0.4, -0.2) is 68.9 Å². The molecule has 0 spiro atoms. The van der Waals surface area contributed by atoms with E-state index in [1.165, 1.54) is 12.8 Å². The Morgan fingerprint density at radius 1 is 1.31 bits per heavy atom. The van der Waals surface area contributed by atoms with E-state index in [0.717, 1.165) is 25.6 Å². The number of nitrogens with one attached hydrogen (secondary N) is 2. The lowest BCUT2D eigenvalue weighted by molar-refractivity contribution is -0.121. The monoisotopic (exact) mass is 386 g/mol. The van der Waals surface area contributed by atoms with Gasteiger partial charge in [0, 0.05) is 32.1 Å². The fourth-order valence-corrected chi connectivity index (χ4v) is 5.46. The minimum absolute atomic E-state index is 0.0651. The van der Waals surface area contributed by atoms with Crippen molar-refractivity contribution in [1.82, 2.24) is 15.5 Å². The molecule has 2 aliphatic rings. The molecule has 2 unspecified atom stereocenters. The first-order valence-corrected chi connectivity index (χ1v) is 11.6. The number of carbonyl (C=O) groups excluding carboxylic acids is 1. The minimum atomic E-state index is -2.97. The average molecular weight is 387 g/mol. The number of carbonyl (C=O) groups is 1. The van der Waals surface area contributed by atoms with E-state index in [1.54, 1.807) is 0 Å². The number of likely N-dealkylation sites (tertiary alicyclic amines) is 1. The number of nitrogens with zero attached hydrogens (tertiary/aromatic N) is 2. The number of sulfone groups is 1. The summed E-state index contributed by atoms with van der Waals surface area (Å²) >= 11 is 0. The van der Waals surface area contributed by atoms with Gasteiger partial charge in [0.15, 0.2) is 15.8 Å². The Hall–Kier alpha value is -1.31. The van der Waals surface area contributed by atoms with Gasteiger partial charge in [-0.2, -0.15) is 0 Å². The van der Waals surface area contributed by atoms with Crippen molar-refractivity contribution in [3.05, 3.63) is 0 Å². The molecule has 0 saturated carbocycles. The maximum atomic E-state index is 12.0. The third-order valence-electron chi connectivity index (χ3n) is 4.92. The third-order valence-corrected chi connectivity index (χ3v) is 6.69. The maximum absolute atomic E-state index is 12.0. The van der Waals surface area contributed by atoms with E-state index in [1.807, 2.05) is 6.92 Å². The standard InChI is InChI=1S/C18H34N4O3S/c1-4-19-18(22-9-6-15(12-22)11-14(2)3)20-8-5-17(23)21-16-7-10-26(24,25)13-16/h14-16H,4-13H2,1-3H3,(H,19,20)(H,21,23). The molecule has 7 nitrogen and oxygen atoms in total. The van der Waals surface area contributed by atoms with Gasteiger partial charge in [0.05, 0.1) is 18.1 Å². The van der Waals surface area contributed by atoms with E-state index in [0.29, 0.717) is 24.8 Å². The Morgan fingerprint density at radius 3 is 2.69 bits per heavy atom. The van der Waals surface area contributed by atoms with Gasteiger partial charge in [0.1, 0.15) is 0 Å². The fourth-order valence-electron chi connectivity index (χ4n) is 3.78. The van der Waals surface area contributed by atoms with Crippen molar-refractivity contribution in [1.29, 1.82) is 0 Å². The van der Waals surface area contributed by atoms with Crippen LogP contribution < -0.4 is 10.6 Å². The quantitative estimate of drug-likeness (QED) is 0.503. The first-order valence-electron chi connectivity index (χ1n) is 9.82. The summed E-state index contributed by atoms with van der Waals surface area (Å²) in [6.07, 6.45) is 3.24. The van der Waals surface area contributed by atoms with Crippen molar-refractivity contribution >= 4 is 21.7 Å². The Bertz CT molecular complexity index is 604. The van der Waals surface area contributed by atoms with Crippen LogP contribution >= 0.6 is 0 Å². The minimum Gasteiger partial charge on any atom is -0.357 e. The summed E-state index contributed by atoms with van der Waals surface area (Å²) in [6, 6.07) is -0.236. The van der Waals surface area contributed by atoms with Crippen molar-refractivity contribution in [2.75, 3.05) is 37.7 Å². The van der Waals surface area contributed by atoms with Crippen LogP contribution in [0.3, 0.4) is 0 Å². The predicted octanol–water partition coefficient (Wildman–Crippen LogP) is 1.01. The van der Waals surface area contributed by atoms with Gasteiger partial charge in [-0.25, -0.2) is 8.42 Å². The van der Waals surface area contributed by atoms with Gasteiger partial charge < -0.3 is 15.5 Å². The lowest BCUT2D eigenvalue weighted by Gasteiger charge is -2.22. The van der Waals surface area contributed by atoms with Gasteiger partial charge in [-0.1, -0.05) is 13.8 Å². The lowest BCUT2D eigenvalue weighted by atomic mass is 9.97. The van der Waals surface area contributed by atoms with Crippen LogP contribution in [-0.2, 0) is 14.6 Å². The summed E-state index contributed by atoms with van der Waals surface area (Å²) in [6.45, 7) is 9.82. The van der Waals surface area contributed by atoms with Crippen molar-refractivity contribution in [2.24, 2.45) is 16.8 Å². The summed E-state index contributed by atoms with van der Waals surface area (Å²) in [5, 5.41) is 6.14. The van der Waals surface area contributed by atoms with E-state index >= 15 is 0 Å².